The third kappa shape index (κ3) is 6.14. The third-order valence-electron chi connectivity index (χ3n) is 3.12. The van der Waals surface area contributed by atoms with E-state index >= 15 is 0 Å². The van der Waals surface area contributed by atoms with Crippen LogP contribution in [0.1, 0.15) is 16.8 Å². The Morgan fingerprint density at radius 3 is 2.69 bits per heavy atom. The summed E-state index contributed by atoms with van der Waals surface area (Å²) in [6, 6.07) is 3.90. The average molecular weight is 379 g/mol. The molecule has 9 heteroatoms. The largest absolute Gasteiger partial charge is 0.484 e. The summed E-state index contributed by atoms with van der Waals surface area (Å²) in [4.78, 5) is 31.1. The highest BCUT2D eigenvalue weighted by atomic mass is 35.5. The highest BCUT2D eigenvalue weighted by Crippen LogP contribution is 2.20. The summed E-state index contributed by atoms with van der Waals surface area (Å²) in [6.45, 7) is 3.69. The van der Waals surface area contributed by atoms with Gasteiger partial charge in [-0.25, -0.2) is 14.4 Å². The van der Waals surface area contributed by atoms with Gasteiger partial charge in [0.1, 0.15) is 17.9 Å². The summed E-state index contributed by atoms with van der Waals surface area (Å²) < 4.78 is 18.4. The molecule has 136 valence electrons. The van der Waals surface area contributed by atoms with Crippen molar-refractivity contribution in [1.29, 1.82) is 0 Å². The van der Waals surface area contributed by atoms with Crippen molar-refractivity contribution in [1.82, 2.24) is 20.6 Å². The van der Waals surface area contributed by atoms with Crippen molar-refractivity contribution in [3.05, 3.63) is 65.6 Å². The minimum Gasteiger partial charge on any atom is -0.484 e. The zero-order chi connectivity index (χ0) is 18.9. The molecule has 0 spiro atoms. The van der Waals surface area contributed by atoms with E-state index in [1.165, 1.54) is 30.9 Å². The predicted octanol–water partition coefficient (Wildman–Crippen LogP) is 2.10. The van der Waals surface area contributed by atoms with Gasteiger partial charge in [0.15, 0.2) is 6.61 Å². The van der Waals surface area contributed by atoms with E-state index in [1.54, 1.807) is 0 Å². The van der Waals surface area contributed by atoms with Crippen LogP contribution >= 0.6 is 11.6 Å². The zero-order valence-corrected chi connectivity index (χ0v) is 14.4. The van der Waals surface area contributed by atoms with E-state index in [0.29, 0.717) is 17.7 Å². The minimum absolute atomic E-state index is 0.0237. The smallest absolute Gasteiger partial charge is 0.258 e. The van der Waals surface area contributed by atoms with Crippen molar-refractivity contribution in [3.8, 4) is 5.75 Å². The summed E-state index contributed by atoms with van der Waals surface area (Å²) in [6.07, 6.45) is 4.42. The molecule has 26 heavy (non-hydrogen) atoms. The van der Waals surface area contributed by atoms with E-state index in [0.717, 1.165) is 6.07 Å². The second-order valence-electron chi connectivity index (χ2n) is 5.15. The quantitative estimate of drug-likeness (QED) is 0.733. The average Bonchev–Trinajstić information content (AvgIpc) is 2.63. The van der Waals surface area contributed by atoms with E-state index in [9.17, 15) is 14.0 Å². The van der Waals surface area contributed by atoms with E-state index in [4.69, 9.17) is 16.3 Å². The van der Waals surface area contributed by atoms with Crippen LogP contribution in [0.4, 0.5) is 4.39 Å². The number of carbonyl (C=O) groups excluding carboxylic acids is 2. The Morgan fingerprint density at radius 2 is 2.00 bits per heavy atom. The van der Waals surface area contributed by atoms with Crippen LogP contribution < -0.4 is 15.4 Å². The van der Waals surface area contributed by atoms with Crippen LogP contribution in [0.5, 0.6) is 5.75 Å². The number of nitrogens with zero attached hydrogens (tertiary/aromatic N) is 2. The summed E-state index contributed by atoms with van der Waals surface area (Å²) in [5, 5.41) is 5.17. The van der Waals surface area contributed by atoms with Gasteiger partial charge in [-0.2, -0.15) is 0 Å². The van der Waals surface area contributed by atoms with Crippen molar-refractivity contribution in [3.63, 3.8) is 0 Å². The van der Waals surface area contributed by atoms with Gasteiger partial charge in [-0.3, -0.25) is 9.59 Å². The lowest BCUT2D eigenvalue weighted by atomic mass is 10.3. The van der Waals surface area contributed by atoms with Gasteiger partial charge in [0.25, 0.3) is 11.8 Å². The highest BCUT2D eigenvalue weighted by Gasteiger charge is 2.08. The lowest BCUT2D eigenvalue weighted by molar-refractivity contribution is -0.123. The molecule has 2 amide bonds. The lowest BCUT2D eigenvalue weighted by Gasteiger charge is -2.10. The molecule has 2 N–H and O–H groups in total. The monoisotopic (exact) mass is 378 g/mol. The molecule has 0 aliphatic heterocycles. The molecule has 1 aromatic carbocycles. The molecule has 0 saturated carbocycles. The van der Waals surface area contributed by atoms with Crippen molar-refractivity contribution >= 4 is 23.4 Å². The maximum atomic E-state index is 13.3. The lowest BCUT2D eigenvalue weighted by Crippen LogP contribution is -2.31. The van der Waals surface area contributed by atoms with Gasteiger partial charge in [0.05, 0.1) is 10.6 Å². The fourth-order valence-corrected chi connectivity index (χ4v) is 1.95. The number of halogens is 2. The van der Waals surface area contributed by atoms with Crippen LogP contribution in [0.3, 0.4) is 0 Å². The van der Waals surface area contributed by atoms with Gasteiger partial charge in [-0.15, -0.1) is 0 Å². The van der Waals surface area contributed by atoms with Gasteiger partial charge >= 0.3 is 0 Å². The van der Waals surface area contributed by atoms with Crippen LogP contribution in [-0.4, -0.2) is 34.9 Å². The van der Waals surface area contributed by atoms with E-state index in [1.807, 2.05) is 0 Å². The number of carbonyl (C=O) groups is 2. The van der Waals surface area contributed by atoms with Gasteiger partial charge in [-0.05, 0) is 12.1 Å². The summed E-state index contributed by atoms with van der Waals surface area (Å²) in [5.74, 6) is -1.20. The van der Waals surface area contributed by atoms with Gasteiger partial charge in [-0.1, -0.05) is 18.2 Å². The van der Waals surface area contributed by atoms with Gasteiger partial charge in [0.2, 0.25) is 0 Å². The van der Waals surface area contributed by atoms with Crippen LogP contribution in [0.25, 0.3) is 0 Å². The molecule has 1 aromatic heterocycles. The Bertz CT molecular complexity index is 802. The molecule has 2 aromatic rings. The van der Waals surface area contributed by atoms with Crippen LogP contribution in [0.15, 0.2) is 49.2 Å². The summed E-state index contributed by atoms with van der Waals surface area (Å²) in [5.41, 5.74) is 0.737. The number of ether oxygens (including phenoxy) is 1. The Kier molecular flexibility index (Phi) is 7.04. The molecule has 0 saturated heterocycles. The molecule has 1 heterocycles. The Labute approximate surface area is 154 Å². The van der Waals surface area contributed by atoms with Crippen molar-refractivity contribution in [2.45, 2.75) is 6.42 Å². The second-order valence-corrected chi connectivity index (χ2v) is 5.56. The number of nitrogens with one attached hydrogen (secondary N) is 2. The first kappa shape index (κ1) is 19.3. The van der Waals surface area contributed by atoms with Crippen LogP contribution in [0, 0.1) is 5.82 Å². The Morgan fingerprint density at radius 1 is 1.27 bits per heavy atom. The van der Waals surface area contributed by atoms with Gasteiger partial charge in [0, 0.05) is 37.1 Å². The van der Waals surface area contributed by atoms with Crippen molar-refractivity contribution in [2.75, 3.05) is 13.2 Å². The molecule has 0 radical (unpaired) electrons. The number of hydrogen-bond acceptors (Lipinski definition) is 5. The van der Waals surface area contributed by atoms with Crippen molar-refractivity contribution < 1.29 is 18.7 Å². The zero-order valence-electron chi connectivity index (χ0n) is 13.7. The van der Waals surface area contributed by atoms with Crippen LogP contribution in [-0.2, 0) is 4.79 Å². The number of rotatable bonds is 8. The molecular formula is C17H16ClFN4O3. The number of amides is 2. The standard InChI is InChI=1S/C17H16ClFN4O3/c1-11(23-17(25)12-7-20-10-21-8-12)4-5-22-16(24)9-26-13-2-3-14(18)15(19)6-13/h2-3,6-8,10H,1,4-5,9H2,(H,22,24)(H,23,25). The number of benzene rings is 1. The first-order valence-corrected chi connectivity index (χ1v) is 7.92. The third-order valence-corrected chi connectivity index (χ3v) is 3.43. The van der Waals surface area contributed by atoms with E-state index in [-0.39, 0.29) is 29.8 Å². The highest BCUT2D eigenvalue weighted by molar-refractivity contribution is 6.30. The van der Waals surface area contributed by atoms with E-state index < -0.39 is 11.7 Å². The molecular weight excluding hydrogens is 363 g/mol. The molecule has 7 nitrogen and oxygen atoms in total. The SMILES string of the molecule is C=C(CCNC(=O)COc1ccc(Cl)c(F)c1)NC(=O)c1cncnc1. The fraction of sp³-hybridized carbons (Fsp3) is 0.176. The Hall–Kier alpha value is -3.00. The van der Waals surface area contributed by atoms with Gasteiger partial charge < -0.3 is 15.4 Å². The Balaban J connectivity index is 1.66. The first-order chi connectivity index (χ1) is 12.5. The number of aromatic nitrogens is 2. The first-order valence-electron chi connectivity index (χ1n) is 7.54. The number of hydrogen-bond donors (Lipinski definition) is 2. The minimum atomic E-state index is -0.625. The molecule has 0 atom stereocenters. The molecule has 0 bridgehead atoms. The molecule has 0 fully saturated rings. The van der Waals surface area contributed by atoms with E-state index in [2.05, 4.69) is 27.2 Å². The predicted molar refractivity (Wildman–Crippen MR) is 93.2 cm³/mol. The summed E-state index contributed by atoms with van der Waals surface area (Å²) >= 11 is 5.56. The summed E-state index contributed by atoms with van der Waals surface area (Å²) in [7, 11) is 0. The topological polar surface area (TPSA) is 93.2 Å². The van der Waals surface area contributed by atoms with Crippen LogP contribution in [0.2, 0.25) is 5.02 Å². The normalized spacial score (nSPS) is 10.1. The second kappa shape index (κ2) is 9.47. The van der Waals surface area contributed by atoms with Crippen molar-refractivity contribution in [2.24, 2.45) is 0 Å². The maximum Gasteiger partial charge on any atom is 0.258 e. The fourth-order valence-electron chi connectivity index (χ4n) is 1.83. The molecule has 0 aliphatic carbocycles. The molecule has 2 rings (SSSR count). The molecule has 0 unspecified atom stereocenters. The maximum absolute atomic E-state index is 13.3. The molecule has 0 aliphatic rings.